The van der Waals surface area contributed by atoms with Crippen LogP contribution in [0.4, 0.5) is 14.5 Å². The fourth-order valence-corrected chi connectivity index (χ4v) is 1.69. The Morgan fingerprint density at radius 2 is 1.77 bits per heavy atom. The third kappa shape index (κ3) is 4.62. The highest BCUT2D eigenvalue weighted by Crippen LogP contribution is 2.14. The van der Waals surface area contributed by atoms with Crippen LogP contribution in [-0.2, 0) is 16.1 Å². The zero-order chi connectivity index (χ0) is 15.9. The van der Waals surface area contributed by atoms with Crippen molar-refractivity contribution in [3.8, 4) is 0 Å². The van der Waals surface area contributed by atoms with Crippen LogP contribution in [0.15, 0.2) is 42.7 Å². The van der Waals surface area contributed by atoms with E-state index >= 15 is 0 Å². The summed E-state index contributed by atoms with van der Waals surface area (Å²) in [6.45, 7) is 0.263. The molecule has 0 atom stereocenters. The molecule has 0 aliphatic rings. The van der Waals surface area contributed by atoms with Gasteiger partial charge in [0.25, 0.3) is 0 Å². The van der Waals surface area contributed by atoms with Gasteiger partial charge in [-0.15, -0.1) is 0 Å². The van der Waals surface area contributed by atoms with Crippen LogP contribution in [0.2, 0.25) is 0 Å². The number of halogens is 2. The van der Waals surface area contributed by atoms with E-state index in [9.17, 15) is 18.4 Å². The molecule has 114 valence electrons. The summed E-state index contributed by atoms with van der Waals surface area (Å²) in [4.78, 5) is 27.1. The first-order valence-corrected chi connectivity index (χ1v) is 6.45. The van der Waals surface area contributed by atoms with Crippen molar-refractivity contribution in [3.63, 3.8) is 0 Å². The molecule has 5 nitrogen and oxygen atoms in total. The Labute approximate surface area is 125 Å². The van der Waals surface area contributed by atoms with Crippen molar-refractivity contribution in [3.05, 3.63) is 59.9 Å². The summed E-state index contributed by atoms with van der Waals surface area (Å²) >= 11 is 0. The fourth-order valence-electron chi connectivity index (χ4n) is 1.69. The second-order valence-electron chi connectivity index (χ2n) is 4.48. The SMILES string of the molecule is O=C(CC(=O)Nc1ccc(F)cc1F)NCc1ccncc1. The minimum atomic E-state index is -0.898. The average molecular weight is 305 g/mol. The topological polar surface area (TPSA) is 71.1 Å². The molecule has 2 amide bonds. The van der Waals surface area contributed by atoms with Gasteiger partial charge in [0.15, 0.2) is 0 Å². The monoisotopic (exact) mass is 305 g/mol. The summed E-state index contributed by atoms with van der Waals surface area (Å²) in [7, 11) is 0. The minimum absolute atomic E-state index is 0.173. The van der Waals surface area contributed by atoms with E-state index in [1.54, 1.807) is 24.5 Å². The predicted molar refractivity (Wildman–Crippen MR) is 75.7 cm³/mol. The number of carbonyl (C=O) groups is 2. The predicted octanol–water partition coefficient (Wildman–Crippen LogP) is 2.00. The lowest BCUT2D eigenvalue weighted by Gasteiger charge is -2.07. The first kappa shape index (κ1) is 15.6. The highest BCUT2D eigenvalue weighted by atomic mass is 19.1. The van der Waals surface area contributed by atoms with Gasteiger partial charge in [0.1, 0.15) is 18.1 Å². The zero-order valence-electron chi connectivity index (χ0n) is 11.5. The van der Waals surface area contributed by atoms with Gasteiger partial charge in [-0.05, 0) is 29.8 Å². The Morgan fingerprint density at radius 3 is 2.45 bits per heavy atom. The van der Waals surface area contributed by atoms with E-state index < -0.39 is 29.9 Å². The van der Waals surface area contributed by atoms with E-state index in [0.29, 0.717) is 6.07 Å². The van der Waals surface area contributed by atoms with Crippen LogP contribution < -0.4 is 10.6 Å². The number of benzene rings is 1. The van der Waals surface area contributed by atoms with Crippen LogP contribution in [0.1, 0.15) is 12.0 Å². The molecule has 0 aliphatic heterocycles. The zero-order valence-corrected chi connectivity index (χ0v) is 11.5. The van der Waals surface area contributed by atoms with Gasteiger partial charge in [0.05, 0.1) is 5.69 Å². The highest BCUT2D eigenvalue weighted by Gasteiger charge is 2.12. The number of anilines is 1. The Balaban J connectivity index is 1.82. The standard InChI is InChI=1S/C15H13F2N3O2/c16-11-1-2-13(12(17)7-11)20-15(22)8-14(21)19-9-10-3-5-18-6-4-10/h1-7H,8-9H2,(H,19,21)(H,20,22). The summed E-state index contributed by atoms with van der Waals surface area (Å²) in [5.74, 6) is -2.83. The Kier molecular flexibility index (Phi) is 5.13. The summed E-state index contributed by atoms with van der Waals surface area (Å²) in [5.41, 5.74) is 0.668. The Hall–Kier alpha value is -2.83. The number of nitrogens with one attached hydrogen (secondary N) is 2. The van der Waals surface area contributed by atoms with E-state index in [1.165, 1.54) is 0 Å². The van der Waals surface area contributed by atoms with Crippen molar-refractivity contribution in [1.29, 1.82) is 0 Å². The second kappa shape index (κ2) is 7.26. The van der Waals surface area contributed by atoms with E-state index in [1.807, 2.05) is 0 Å². The molecule has 7 heteroatoms. The van der Waals surface area contributed by atoms with Gasteiger partial charge in [-0.2, -0.15) is 0 Å². The molecular weight excluding hydrogens is 292 g/mol. The van der Waals surface area contributed by atoms with Gasteiger partial charge < -0.3 is 10.6 Å². The second-order valence-corrected chi connectivity index (χ2v) is 4.48. The molecule has 1 aromatic heterocycles. The van der Waals surface area contributed by atoms with Crippen molar-refractivity contribution in [2.75, 3.05) is 5.32 Å². The smallest absolute Gasteiger partial charge is 0.233 e. The summed E-state index contributed by atoms with van der Waals surface area (Å²) in [6, 6.07) is 6.22. The molecule has 0 saturated heterocycles. The number of nitrogens with zero attached hydrogens (tertiary/aromatic N) is 1. The summed E-state index contributed by atoms with van der Waals surface area (Å²) in [6.07, 6.45) is 2.72. The van der Waals surface area contributed by atoms with Crippen LogP contribution in [0.25, 0.3) is 0 Å². The van der Waals surface area contributed by atoms with Crippen LogP contribution >= 0.6 is 0 Å². The average Bonchev–Trinajstić information content (AvgIpc) is 2.49. The van der Waals surface area contributed by atoms with Crippen molar-refractivity contribution in [1.82, 2.24) is 10.3 Å². The molecule has 0 saturated carbocycles. The number of hydrogen-bond acceptors (Lipinski definition) is 3. The molecule has 0 bridgehead atoms. The van der Waals surface area contributed by atoms with Crippen LogP contribution in [0.5, 0.6) is 0 Å². The molecule has 2 N–H and O–H groups in total. The molecule has 0 aliphatic carbocycles. The van der Waals surface area contributed by atoms with Gasteiger partial charge >= 0.3 is 0 Å². The minimum Gasteiger partial charge on any atom is -0.352 e. The lowest BCUT2D eigenvalue weighted by atomic mass is 10.2. The van der Waals surface area contributed by atoms with Crippen molar-refractivity contribution in [2.45, 2.75) is 13.0 Å². The molecule has 0 radical (unpaired) electrons. The molecule has 1 heterocycles. The maximum absolute atomic E-state index is 13.4. The molecular formula is C15H13F2N3O2. The maximum atomic E-state index is 13.4. The lowest BCUT2D eigenvalue weighted by Crippen LogP contribution is -2.27. The van der Waals surface area contributed by atoms with Gasteiger partial charge in [0, 0.05) is 25.0 Å². The van der Waals surface area contributed by atoms with E-state index in [2.05, 4.69) is 15.6 Å². The van der Waals surface area contributed by atoms with Crippen LogP contribution in [0.3, 0.4) is 0 Å². The van der Waals surface area contributed by atoms with Crippen LogP contribution in [0, 0.1) is 11.6 Å². The normalized spacial score (nSPS) is 10.1. The summed E-state index contributed by atoms with van der Waals surface area (Å²) in [5, 5.41) is 4.77. The molecule has 0 unspecified atom stereocenters. The highest BCUT2D eigenvalue weighted by molar-refractivity contribution is 6.03. The number of hydrogen-bond donors (Lipinski definition) is 2. The largest absolute Gasteiger partial charge is 0.352 e. The molecule has 22 heavy (non-hydrogen) atoms. The third-order valence-electron chi connectivity index (χ3n) is 2.77. The summed E-state index contributed by atoms with van der Waals surface area (Å²) < 4.78 is 26.1. The molecule has 2 aromatic rings. The van der Waals surface area contributed by atoms with Crippen molar-refractivity contribution >= 4 is 17.5 Å². The van der Waals surface area contributed by atoms with Gasteiger partial charge in [-0.3, -0.25) is 14.6 Å². The number of aromatic nitrogens is 1. The fraction of sp³-hybridized carbons (Fsp3) is 0.133. The number of pyridine rings is 1. The Bertz CT molecular complexity index is 678. The molecule has 0 spiro atoms. The quantitative estimate of drug-likeness (QED) is 0.830. The molecule has 0 fully saturated rings. The van der Waals surface area contributed by atoms with Gasteiger partial charge in [-0.25, -0.2) is 8.78 Å². The van der Waals surface area contributed by atoms with E-state index in [0.717, 1.165) is 17.7 Å². The van der Waals surface area contributed by atoms with E-state index in [4.69, 9.17) is 0 Å². The third-order valence-corrected chi connectivity index (χ3v) is 2.77. The Morgan fingerprint density at radius 1 is 1.05 bits per heavy atom. The van der Waals surface area contributed by atoms with Gasteiger partial charge in [0.2, 0.25) is 11.8 Å². The maximum Gasteiger partial charge on any atom is 0.233 e. The van der Waals surface area contributed by atoms with E-state index in [-0.39, 0.29) is 12.2 Å². The first-order valence-electron chi connectivity index (χ1n) is 6.45. The van der Waals surface area contributed by atoms with Crippen LogP contribution in [-0.4, -0.2) is 16.8 Å². The first-order chi connectivity index (χ1) is 10.5. The van der Waals surface area contributed by atoms with Crippen molar-refractivity contribution < 1.29 is 18.4 Å². The number of carbonyl (C=O) groups excluding carboxylic acids is 2. The van der Waals surface area contributed by atoms with Crippen molar-refractivity contribution in [2.24, 2.45) is 0 Å². The molecule has 2 rings (SSSR count). The lowest BCUT2D eigenvalue weighted by molar-refractivity contribution is -0.126. The number of rotatable bonds is 5. The number of amides is 2. The molecule has 1 aromatic carbocycles. The van der Waals surface area contributed by atoms with Gasteiger partial charge in [-0.1, -0.05) is 0 Å².